The molecular weight excluding hydrogens is 388 g/mol. The second-order valence-electron chi connectivity index (χ2n) is 7.11. The van der Waals surface area contributed by atoms with Gasteiger partial charge in [-0.05, 0) is 58.2 Å². The zero-order valence-corrected chi connectivity index (χ0v) is 17.8. The number of nitrogens with one attached hydrogen (secondary N) is 1. The lowest BCUT2D eigenvalue weighted by Crippen LogP contribution is -2.25. The minimum absolute atomic E-state index is 0.102. The molecule has 1 unspecified atom stereocenters. The summed E-state index contributed by atoms with van der Waals surface area (Å²) in [5.41, 5.74) is 3.05. The number of Topliss-reactive ketones (excluding diaryl/α,β-unsaturated/α-hetero) is 2. The molecule has 0 radical (unpaired) electrons. The number of ketones is 2. The fourth-order valence-electron chi connectivity index (χ4n) is 3.45. The van der Waals surface area contributed by atoms with Crippen LogP contribution in [0.4, 0.5) is 0 Å². The van der Waals surface area contributed by atoms with E-state index in [1.165, 1.54) is 6.92 Å². The lowest BCUT2D eigenvalue weighted by Gasteiger charge is -2.12. The van der Waals surface area contributed by atoms with E-state index in [1.54, 1.807) is 32.1 Å². The van der Waals surface area contributed by atoms with Gasteiger partial charge in [0.25, 0.3) is 0 Å². The maximum Gasteiger partial charge on any atom is 0.306 e. The summed E-state index contributed by atoms with van der Waals surface area (Å²) in [6.45, 7) is 6.49. The maximum absolute atomic E-state index is 12.7. The monoisotopic (exact) mass is 412 g/mol. The van der Waals surface area contributed by atoms with Crippen LogP contribution in [-0.4, -0.2) is 33.6 Å². The van der Waals surface area contributed by atoms with Gasteiger partial charge in [-0.1, -0.05) is 12.1 Å². The average Bonchev–Trinajstić information content (AvgIpc) is 3.20. The van der Waals surface area contributed by atoms with Gasteiger partial charge < -0.3 is 9.72 Å². The Labute approximate surface area is 173 Å². The van der Waals surface area contributed by atoms with Crippen LogP contribution in [0.3, 0.4) is 0 Å². The van der Waals surface area contributed by atoms with Crippen LogP contribution in [0.2, 0.25) is 0 Å². The molecule has 2 heterocycles. The molecule has 1 atom stereocenters. The van der Waals surface area contributed by atoms with Crippen LogP contribution in [-0.2, 0) is 16.0 Å². The number of hydrogen-bond acceptors (Lipinski definition) is 6. The van der Waals surface area contributed by atoms with Gasteiger partial charge in [0.05, 0.1) is 20.9 Å². The number of esters is 1. The Morgan fingerprint density at radius 1 is 1.21 bits per heavy atom. The average molecular weight is 413 g/mol. The molecule has 29 heavy (non-hydrogen) atoms. The highest BCUT2D eigenvalue weighted by atomic mass is 32.1. The van der Waals surface area contributed by atoms with Gasteiger partial charge >= 0.3 is 5.97 Å². The molecular formula is C22H24N2O4S. The summed E-state index contributed by atoms with van der Waals surface area (Å²) in [5, 5.41) is 0.984. The molecule has 0 aliphatic rings. The minimum atomic E-state index is -0.915. The second-order valence-corrected chi connectivity index (χ2v) is 8.22. The predicted octanol–water partition coefficient (Wildman–Crippen LogP) is 4.58. The summed E-state index contributed by atoms with van der Waals surface area (Å²) in [7, 11) is 0. The van der Waals surface area contributed by atoms with Gasteiger partial charge in [0.15, 0.2) is 11.9 Å². The normalized spacial score (nSPS) is 12.1. The largest absolute Gasteiger partial charge is 0.454 e. The number of aromatic nitrogens is 2. The third kappa shape index (κ3) is 4.62. The van der Waals surface area contributed by atoms with Gasteiger partial charge in [-0.25, -0.2) is 4.98 Å². The van der Waals surface area contributed by atoms with Crippen molar-refractivity contribution in [3.05, 3.63) is 51.8 Å². The first-order valence-electron chi connectivity index (χ1n) is 9.56. The highest BCUT2D eigenvalue weighted by molar-refractivity contribution is 7.18. The molecule has 152 valence electrons. The minimum Gasteiger partial charge on any atom is -0.454 e. The van der Waals surface area contributed by atoms with E-state index in [1.807, 2.05) is 24.3 Å². The van der Waals surface area contributed by atoms with Crippen molar-refractivity contribution < 1.29 is 19.1 Å². The van der Waals surface area contributed by atoms with Crippen molar-refractivity contribution in [1.82, 2.24) is 9.97 Å². The molecule has 0 saturated heterocycles. The molecule has 6 nitrogen and oxygen atoms in total. The second kappa shape index (κ2) is 8.69. The maximum atomic E-state index is 12.7. The fourth-order valence-corrected chi connectivity index (χ4v) is 4.46. The molecule has 0 bridgehead atoms. The summed E-state index contributed by atoms with van der Waals surface area (Å²) >= 11 is 1.62. The summed E-state index contributed by atoms with van der Waals surface area (Å²) in [5.74, 6) is -0.855. The number of carbonyl (C=O) groups excluding carboxylic acids is 3. The SMILES string of the molecule is CC(=O)c1c(C)[nH]c(C(=O)C(C)OC(=O)CCCc2nc3ccccc3s2)c1C. The number of rotatable bonds is 8. The van der Waals surface area contributed by atoms with Gasteiger partial charge in [0, 0.05) is 17.7 Å². The quantitative estimate of drug-likeness (QED) is 0.432. The summed E-state index contributed by atoms with van der Waals surface area (Å²) in [6.07, 6.45) is 0.596. The molecule has 0 aliphatic carbocycles. The fraction of sp³-hybridized carbons (Fsp3) is 0.364. The van der Waals surface area contributed by atoms with E-state index in [2.05, 4.69) is 9.97 Å². The zero-order valence-electron chi connectivity index (χ0n) is 17.0. The standard InChI is InChI=1S/C22H24N2O4S/c1-12-20(14(3)25)13(2)23-21(12)22(27)15(4)28-19(26)11-7-10-18-24-16-8-5-6-9-17(16)29-18/h5-6,8-9,15,23H,7,10-11H2,1-4H3. The topological polar surface area (TPSA) is 89.1 Å². The highest BCUT2D eigenvalue weighted by Gasteiger charge is 2.25. The van der Waals surface area contributed by atoms with Crippen molar-refractivity contribution in [2.24, 2.45) is 0 Å². The Kier molecular flexibility index (Phi) is 6.27. The van der Waals surface area contributed by atoms with Crippen molar-refractivity contribution in [2.75, 3.05) is 0 Å². The number of aromatic amines is 1. The first-order valence-corrected chi connectivity index (χ1v) is 10.4. The molecule has 0 spiro atoms. The number of fused-ring (bicyclic) bond motifs is 1. The summed E-state index contributed by atoms with van der Waals surface area (Å²) < 4.78 is 6.45. The molecule has 2 aromatic heterocycles. The van der Waals surface area contributed by atoms with Crippen molar-refractivity contribution in [3.63, 3.8) is 0 Å². The molecule has 0 aliphatic heterocycles. The van der Waals surface area contributed by atoms with Crippen LogP contribution < -0.4 is 0 Å². The third-order valence-electron chi connectivity index (χ3n) is 4.82. The van der Waals surface area contributed by atoms with Crippen LogP contribution in [0, 0.1) is 13.8 Å². The molecule has 3 aromatic rings. The first kappa shape index (κ1) is 20.9. The highest BCUT2D eigenvalue weighted by Crippen LogP contribution is 2.23. The number of aryl methyl sites for hydroxylation is 2. The molecule has 1 aromatic carbocycles. The molecule has 7 heteroatoms. The van der Waals surface area contributed by atoms with E-state index >= 15 is 0 Å². The Morgan fingerprint density at radius 2 is 1.93 bits per heavy atom. The van der Waals surface area contributed by atoms with Crippen molar-refractivity contribution in [3.8, 4) is 0 Å². The first-order chi connectivity index (χ1) is 13.8. The Morgan fingerprint density at radius 3 is 2.59 bits per heavy atom. The predicted molar refractivity (Wildman–Crippen MR) is 113 cm³/mol. The number of para-hydroxylation sites is 1. The van der Waals surface area contributed by atoms with Crippen molar-refractivity contribution in [2.45, 2.75) is 53.1 Å². The number of carbonyl (C=O) groups is 3. The smallest absolute Gasteiger partial charge is 0.306 e. The number of hydrogen-bond donors (Lipinski definition) is 1. The van der Waals surface area contributed by atoms with Crippen molar-refractivity contribution >= 4 is 39.1 Å². The van der Waals surface area contributed by atoms with Crippen molar-refractivity contribution in [1.29, 1.82) is 0 Å². The summed E-state index contributed by atoms with van der Waals surface area (Å²) in [4.78, 5) is 44.1. The van der Waals surface area contributed by atoms with E-state index in [0.717, 1.165) is 15.2 Å². The molecule has 0 saturated carbocycles. The lowest BCUT2D eigenvalue weighted by atomic mass is 10.0. The van der Waals surface area contributed by atoms with Crippen LogP contribution in [0.1, 0.15) is 63.8 Å². The van der Waals surface area contributed by atoms with Gasteiger partial charge in [-0.2, -0.15) is 0 Å². The number of thiazole rings is 1. The molecule has 0 fully saturated rings. The number of H-pyrrole nitrogens is 1. The number of ether oxygens (including phenoxy) is 1. The summed E-state index contributed by atoms with van der Waals surface area (Å²) in [6, 6.07) is 7.93. The molecule has 1 N–H and O–H groups in total. The lowest BCUT2D eigenvalue weighted by molar-refractivity contribution is -0.146. The number of benzene rings is 1. The number of nitrogens with zero attached hydrogens (tertiary/aromatic N) is 1. The molecule has 0 amide bonds. The third-order valence-corrected chi connectivity index (χ3v) is 5.92. The Balaban J connectivity index is 1.54. The van der Waals surface area contributed by atoms with Gasteiger partial charge in [-0.15, -0.1) is 11.3 Å². The van der Waals surface area contributed by atoms with Gasteiger partial charge in [-0.3, -0.25) is 14.4 Å². The van der Waals surface area contributed by atoms with Crippen LogP contribution in [0.25, 0.3) is 10.2 Å². The van der Waals surface area contributed by atoms with E-state index in [-0.39, 0.29) is 18.0 Å². The van der Waals surface area contributed by atoms with E-state index in [9.17, 15) is 14.4 Å². The zero-order chi connectivity index (χ0) is 21.1. The van der Waals surface area contributed by atoms with Crippen LogP contribution >= 0.6 is 11.3 Å². The van der Waals surface area contributed by atoms with Gasteiger partial charge in [0.1, 0.15) is 0 Å². The Bertz CT molecular complexity index is 1050. The Hall–Kier alpha value is -2.80. The van der Waals surface area contributed by atoms with E-state index in [4.69, 9.17) is 4.74 Å². The van der Waals surface area contributed by atoms with Crippen LogP contribution in [0.15, 0.2) is 24.3 Å². The van der Waals surface area contributed by atoms with Crippen LogP contribution in [0.5, 0.6) is 0 Å². The molecule has 3 rings (SSSR count). The van der Waals surface area contributed by atoms with E-state index in [0.29, 0.717) is 35.4 Å². The van der Waals surface area contributed by atoms with Gasteiger partial charge in [0.2, 0.25) is 5.78 Å². The van der Waals surface area contributed by atoms with E-state index < -0.39 is 12.1 Å².